The van der Waals surface area contributed by atoms with E-state index in [9.17, 15) is 9.59 Å². The monoisotopic (exact) mass is 288 g/mol. The third-order valence-electron chi connectivity index (χ3n) is 3.09. The number of ether oxygens (including phenoxy) is 3. The molecular formula is C16H16O5. The van der Waals surface area contributed by atoms with Crippen LogP contribution >= 0.6 is 0 Å². The predicted octanol–water partition coefficient (Wildman–Crippen LogP) is 2.57. The molecule has 21 heavy (non-hydrogen) atoms. The Morgan fingerprint density at radius 1 is 1.00 bits per heavy atom. The highest BCUT2D eigenvalue weighted by atomic mass is 16.6. The van der Waals surface area contributed by atoms with Gasteiger partial charge in [0.05, 0.1) is 14.2 Å². The van der Waals surface area contributed by atoms with E-state index < -0.39 is 18.0 Å². The Morgan fingerprint density at radius 3 is 2.19 bits per heavy atom. The molecule has 0 spiro atoms. The Hall–Kier alpha value is -2.56. The van der Waals surface area contributed by atoms with Crippen LogP contribution in [0.2, 0.25) is 0 Å². The van der Waals surface area contributed by atoms with Gasteiger partial charge in [-0.3, -0.25) is 0 Å². The van der Waals surface area contributed by atoms with Crippen molar-refractivity contribution in [2.24, 2.45) is 0 Å². The zero-order chi connectivity index (χ0) is 15.4. The van der Waals surface area contributed by atoms with E-state index in [0.717, 1.165) is 10.8 Å². The van der Waals surface area contributed by atoms with Gasteiger partial charge in [-0.15, -0.1) is 0 Å². The highest BCUT2D eigenvalue weighted by molar-refractivity contribution is 5.98. The number of carbonyl (C=O) groups excluding carboxylic acids is 2. The van der Waals surface area contributed by atoms with Crippen LogP contribution in [-0.4, -0.2) is 32.3 Å². The fraction of sp³-hybridized carbons (Fsp3) is 0.250. The molecule has 0 fully saturated rings. The van der Waals surface area contributed by atoms with Crippen molar-refractivity contribution >= 4 is 22.7 Å². The largest absolute Gasteiger partial charge is 0.478 e. The normalized spacial score (nSPS) is 11.8. The molecule has 110 valence electrons. The van der Waals surface area contributed by atoms with Crippen LogP contribution in [0.25, 0.3) is 10.8 Å². The third kappa shape index (κ3) is 3.13. The molecular weight excluding hydrogens is 272 g/mol. The quantitative estimate of drug-likeness (QED) is 0.809. The number of fused-ring (bicyclic) bond motifs is 1. The molecule has 5 heteroatoms. The summed E-state index contributed by atoms with van der Waals surface area (Å²) in [6, 6.07) is 10.9. The standard InChI is InChI=1S/C16H16O5/c1-10(15(17)19-2)21-14-9-12-7-5-4-6-11(12)8-13(14)16(18)20-3/h4-10H,1-3H3/t10-/m0/s1. The summed E-state index contributed by atoms with van der Waals surface area (Å²) in [7, 11) is 2.58. The number of benzene rings is 2. The SMILES string of the molecule is COC(=O)c1cc2ccccc2cc1O[C@@H](C)C(=O)OC. The molecule has 2 aromatic carbocycles. The summed E-state index contributed by atoms with van der Waals surface area (Å²) in [5, 5.41) is 1.79. The topological polar surface area (TPSA) is 61.8 Å². The van der Waals surface area contributed by atoms with E-state index >= 15 is 0 Å². The van der Waals surface area contributed by atoms with Gasteiger partial charge in [-0.2, -0.15) is 0 Å². The summed E-state index contributed by atoms with van der Waals surface area (Å²) in [6.07, 6.45) is -0.820. The summed E-state index contributed by atoms with van der Waals surface area (Å²) in [4.78, 5) is 23.3. The van der Waals surface area contributed by atoms with Crippen LogP contribution in [0.15, 0.2) is 36.4 Å². The van der Waals surface area contributed by atoms with Crippen molar-refractivity contribution in [2.75, 3.05) is 14.2 Å². The van der Waals surface area contributed by atoms with Crippen molar-refractivity contribution in [3.8, 4) is 5.75 Å². The van der Waals surface area contributed by atoms with Gasteiger partial charge in [-0.05, 0) is 29.8 Å². The lowest BCUT2D eigenvalue weighted by molar-refractivity contribution is -0.147. The van der Waals surface area contributed by atoms with E-state index in [1.807, 2.05) is 24.3 Å². The third-order valence-corrected chi connectivity index (χ3v) is 3.09. The van der Waals surface area contributed by atoms with Gasteiger partial charge in [0.15, 0.2) is 6.10 Å². The van der Waals surface area contributed by atoms with Gasteiger partial charge in [0.1, 0.15) is 11.3 Å². The van der Waals surface area contributed by atoms with Crippen molar-refractivity contribution in [3.63, 3.8) is 0 Å². The summed E-state index contributed by atoms with van der Waals surface area (Å²) >= 11 is 0. The van der Waals surface area contributed by atoms with Crippen LogP contribution in [0.1, 0.15) is 17.3 Å². The fourth-order valence-electron chi connectivity index (χ4n) is 1.99. The molecule has 0 aliphatic heterocycles. The molecule has 2 aromatic rings. The number of rotatable bonds is 4. The zero-order valence-electron chi connectivity index (χ0n) is 12.1. The minimum Gasteiger partial charge on any atom is -0.478 e. The number of esters is 2. The summed E-state index contributed by atoms with van der Waals surface area (Å²) < 4.78 is 14.9. The second-order valence-electron chi connectivity index (χ2n) is 4.47. The van der Waals surface area contributed by atoms with Gasteiger partial charge >= 0.3 is 11.9 Å². The molecule has 0 saturated carbocycles. The molecule has 0 saturated heterocycles. The average molecular weight is 288 g/mol. The van der Waals surface area contributed by atoms with Crippen LogP contribution in [0.4, 0.5) is 0 Å². The Balaban J connectivity index is 2.48. The molecule has 0 radical (unpaired) electrons. The molecule has 1 atom stereocenters. The minimum atomic E-state index is -0.820. The first kappa shape index (κ1) is 14.8. The van der Waals surface area contributed by atoms with E-state index in [4.69, 9.17) is 9.47 Å². The van der Waals surface area contributed by atoms with Gasteiger partial charge in [-0.1, -0.05) is 24.3 Å². The van der Waals surface area contributed by atoms with E-state index in [-0.39, 0.29) is 5.56 Å². The fourth-order valence-corrected chi connectivity index (χ4v) is 1.99. The first-order chi connectivity index (χ1) is 10.1. The van der Waals surface area contributed by atoms with E-state index in [0.29, 0.717) is 5.75 Å². The molecule has 0 aliphatic carbocycles. The van der Waals surface area contributed by atoms with Gasteiger partial charge < -0.3 is 14.2 Å². The highest BCUT2D eigenvalue weighted by Gasteiger charge is 2.20. The maximum absolute atomic E-state index is 11.9. The number of hydrogen-bond donors (Lipinski definition) is 0. The maximum atomic E-state index is 11.9. The van der Waals surface area contributed by atoms with Crippen molar-refractivity contribution in [2.45, 2.75) is 13.0 Å². The van der Waals surface area contributed by atoms with Crippen LogP contribution in [0.5, 0.6) is 5.75 Å². The van der Waals surface area contributed by atoms with Gasteiger partial charge in [0.25, 0.3) is 0 Å². The first-order valence-electron chi connectivity index (χ1n) is 6.42. The van der Waals surface area contributed by atoms with Gasteiger partial charge in [-0.25, -0.2) is 9.59 Å². The van der Waals surface area contributed by atoms with Crippen molar-refractivity contribution in [1.82, 2.24) is 0 Å². The minimum absolute atomic E-state index is 0.270. The molecule has 0 unspecified atom stereocenters. The van der Waals surface area contributed by atoms with Crippen LogP contribution in [0, 0.1) is 0 Å². The van der Waals surface area contributed by atoms with Crippen molar-refractivity contribution in [3.05, 3.63) is 42.0 Å². The van der Waals surface area contributed by atoms with Gasteiger partial charge in [0, 0.05) is 0 Å². The zero-order valence-corrected chi connectivity index (χ0v) is 12.1. The van der Waals surface area contributed by atoms with E-state index in [1.54, 1.807) is 19.1 Å². The van der Waals surface area contributed by atoms with E-state index in [1.165, 1.54) is 14.2 Å². The Morgan fingerprint density at radius 2 is 1.62 bits per heavy atom. The molecule has 5 nitrogen and oxygen atoms in total. The summed E-state index contributed by atoms with van der Waals surface area (Å²) in [6.45, 7) is 1.56. The lowest BCUT2D eigenvalue weighted by Crippen LogP contribution is -2.25. The van der Waals surface area contributed by atoms with E-state index in [2.05, 4.69) is 4.74 Å². The van der Waals surface area contributed by atoms with Crippen LogP contribution in [-0.2, 0) is 14.3 Å². The molecule has 0 amide bonds. The summed E-state index contributed by atoms with van der Waals surface area (Å²) in [5.74, 6) is -0.745. The number of carbonyl (C=O) groups is 2. The first-order valence-corrected chi connectivity index (χ1v) is 6.42. The lowest BCUT2D eigenvalue weighted by Gasteiger charge is -2.15. The summed E-state index contributed by atoms with van der Waals surface area (Å²) in [5.41, 5.74) is 0.270. The van der Waals surface area contributed by atoms with Crippen molar-refractivity contribution in [1.29, 1.82) is 0 Å². The molecule has 0 bridgehead atoms. The smallest absolute Gasteiger partial charge is 0.346 e. The van der Waals surface area contributed by atoms with Gasteiger partial charge in [0.2, 0.25) is 0 Å². The second kappa shape index (κ2) is 6.26. The van der Waals surface area contributed by atoms with Crippen LogP contribution in [0.3, 0.4) is 0 Å². The lowest BCUT2D eigenvalue weighted by atomic mass is 10.1. The average Bonchev–Trinajstić information content (AvgIpc) is 2.52. The molecule has 0 aromatic heterocycles. The highest BCUT2D eigenvalue weighted by Crippen LogP contribution is 2.27. The predicted molar refractivity (Wildman–Crippen MR) is 77.4 cm³/mol. The maximum Gasteiger partial charge on any atom is 0.346 e. The molecule has 0 N–H and O–H groups in total. The van der Waals surface area contributed by atoms with Crippen molar-refractivity contribution < 1.29 is 23.8 Å². The molecule has 0 aliphatic rings. The number of hydrogen-bond acceptors (Lipinski definition) is 5. The Kier molecular flexibility index (Phi) is 4.42. The molecule has 0 heterocycles. The number of methoxy groups -OCH3 is 2. The van der Waals surface area contributed by atoms with Crippen LogP contribution < -0.4 is 4.74 Å². The Bertz CT molecular complexity index is 677. The molecule has 2 rings (SSSR count). The second-order valence-corrected chi connectivity index (χ2v) is 4.47. The Labute approximate surface area is 122 Å².